The van der Waals surface area contributed by atoms with Gasteiger partial charge in [0.15, 0.2) is 0 Å². The molecule has 0 aliphatic carbocycles. The maximum atomic E-state index is 11.5. The predicted molar refractivity (Wildman–Crippen MR) is 75.4 cm³/mol. The van der Waals surface area contributed by atoms with E-state index in [1.165, 1.54) is 0 Å². The van der Waals surface area contributed by atoms with Crippen LogP contribution in [-0.2, 0) is 4.79 Å². The number of nitrogens with one attached hydrogen (secondary N) is 1. The number of unbranched alkanes of at least 4 members (excludes halogenated alkanes) is 1. The van der Waals surface area contributed by atoms with Crippen molar-refractivity contribution in [1.82, 2.24) is 5.32 Å². The van der Waals surface area contributed by atoms with Gasteiger partial charge in [-0.15, -0.1) is 12.4 Å². The summed E-state index contributed by atoms with van der Waals surface area (Å²) in [5.74, 6) is 1.74. The van der Waals surface area contributed by atoms with E-state index in [-0.39, 0.29) is 24.4 Å². The summed E-state index contributed by atoms with van der Waals surface area (Å²) in [6, 6.07) is 0.166. The highest BCUT2D eigenvalue weighted by Gasteiger charge is 2.09. The normalized spacial score (nSPS) is 11.7. The average molecular weight is 269 g/mol. The summed E-state index contributed by atoms with van der Waals surface area (Å²) >= 11 is 1.68. The molecule has 0 aromatic rings. The Hall–Kier alpha value is 0.0700. The van der Waals surface area contributed by atoms with Gasteiger partial charge < -0.3 is 11.1 Å². The number of hydrogen-bond donors (Lipinski definition) is 2. The fraction of sp³-hybridized carbons (Fsp3) is 0.909. The van der Waals surface area contributed by atoms with Crippen molar-refractivity contribution in [1.29, 1.82) is 0 Å². The highest BCUT2D eigenvalue weighted by Crippen LogP contribution is 2.03. The van der Waals surface area contributed by atoms with Crippen LogP contribution in [0.1, 0.15) is 39.5 Å². The molecule has 16 heavy (non-hydrogen) atoms. The van der Waals surface area contributed by atoms with Crippen LogP contribution >= 0.6 is 24.2 Å². The molecule has 1 unspecified atom stereocenters. The molecule has 3 N–H and O–H groups in total. The third-order valence-corrected chi connectivity index (χ3v) is 3.30. The second-order valence-electron chi connectivity index (χ2n) is 3.69. The first-order valence-electron chi connectivity index (χ1n) is 5.81. The van der Waals surface area contributed by atoms with Crippen molar-refractivity contribution >= 4 is 30.1 Å². The monoisotopic (exact) mass is 268 g/mol. The molecule has 0 heterocycles. The van der Waals surface area contributed by atoms with Crippen LogP contribution in [-0.4, -0.2) is 30.0 Å². The van der Waals surface area contributed by atoms with Gasteiger partial charge in [0.05, 0.1) is 5.75 Å². The molecule has 0 spiro atoms. The zero-order chi connectivity index (χ0) is 11.5. The Bertz CT molecular complexity index is 170. The third kappa shape index (κ3) is 10.6. The summed E-state index contributed by atoms with van der Waals surface area (Å²) < 4.78 is 0. The Kier molecular flexibility index (Phi) is 15.1. The Morgan fingerprint density at radius 3 is 2.56 bits per heavy atom. The number of hydrogen-bond acceptors (Lipinski definition) is 3. The molecule has 98 valence electrons. The topological polar surface area (TPSA) is 55.1 Å². The van der Waals surface area contributed by atoms with Gasteiger partial charge in [-0.3, -0.25) is 4.79 Å². The quantitative estimate of drug-likeness (QED) is 0.631. The summed E-state index contributed by atoms with van der Waals surface area (Å²) in [6.45, 7) is 4.81. The Balaban J connectivity index is 0. The highest BCUT2D eigenvalue weighted by atomic mass is 35.5. The number of nitrogens with two attached hydrogens (primary N) is 1. The summed E-state index contributed by atoms with van der Waals surface area (Å²) in [5.41, 5.74) is 5.60. The van der Waals surface area contributed by atoms with Crippen molar-refractivity contribution in [3.63, 3.8) is 0 Å². The van der Waals surface area contributed by atoms with Gasteiger partial charge in [-0.2, -0.15) is 11.8 Å². The fourth-order valence-electron chi connectivity index (χ4n) is 1.28. The largest absolute Gasteiger partial charge is 0.351 e. The lowest BCUT2D eigenvalue weighted by Gasteiger charge is -2.16. The van der Waals surface area contributed by atoms with Crippen LogP contribution in [0.3, 0.4) is 0 Å². The molecule has 3 nitrogen and oxygen atoms in total. The average Bonchev–Trinajstić information content (AvgIpc) is 2.24. The van der Waals surface area contributed by atoms with Gasteiger partial charge in [0, 0.05) is 12.6 Å². The predicted octanol–water partition coefficient (Wildman–Crippen LogP) is 2.19. The molecular formula is C11H25ClN2OS. The van der Waals surface area contributed by atoms with E-state index in [1.54, 1.807) is 11.8 Å². The molecule has 0 saturated heterocycles. The van der Waals surface area contributed by atoms with E-state index in [0.717, 1.165) is 31.4 Å². The molecule has 0 aliphatic heterocycles. The van der Waals surface area contributed by atoms with Crippen LogP contribution in [0.5, 0.6) is 0 Å². The lowest BCUT2D eigenvalue weighted by atomic mass is 10.1. The van der Waals surface area contributed by atoms with Gasteiger partial charge in [0.25, 0.3) is 0 Å². The van der Waals surface area contributed by atoms with Gasteiger partial charge in [-0.05, 0) is 18.6 Å². The summed E-state index contributed by atoms with van der Waals surface area (Å²) in [6.07, 6.45) is 4.40. The number of rotatable bonds is 9. The van der Waals surface area contributed by atoms with E-state index in [4.69, 9.17) is 5.73 Å². The number of thioether (sulfide) groups is 1. The van der Waals surface area contributed by atoms with E-state index in [0.29, 0.717) is 12.3 Å². The number of carbonyl (C=O) groups is 1. The van der Waals surface area contributed by atoms with Crippen LogP contribution in [0.25, 0.3) is 0 Å². The van der Waals surface area contributed by atoms with Crippen molar-refractivity contribution in [2.24, 2.45) is 5.73 Å². The SMILES string of the molecule is CCCCC(CN)NC(=O)CSCCC.Cl. The van der Waals surface area contributed by atoms with Gasteiger partial charge in [-0.25, -0.2) is 0 Å². The highest BCUT2D eigenvalue weighted by molar-refractivity contribution is 7.99. The van der Waals surface area contributed by atoms with Crippen LogP contribution < -0.4 is 11.1 Å². The molecular weight excluding hydrogens is 244 g/mol. The molecule has 1 amide bonds. The van der Waals surface area contributed by atoms with E-state index in [2.05, 4.69) is 19.2 Å². The third-order valence-electron chi connectivity index (χ3n) is 2.14. The maximum Gasteiger partial charge on any atom is 0.230 e. The molecule has 0 aliphatic rings. The first kappa shape index (κ1) is 18.4. The first-order chi connectivity index (χ1) is 7.24. The number of halogens is 1. The maximum absolute atomic E-state index is 11.5. The minimum atomic E-state index is 0. The zero-order valence-electron chi connectivity index (χ0n) is 10.3. The summed E-state index contributed by atoms with van der Waals surface area (Å²) in [4.78, 5) is 11.5. The lowest BCUT2D eigenvalue weighted by molar-refractivity contribution is -0.119. The van der Waals surface area contributed by atoms with Crippen molar-refractivity contribution < 1.29 is 4.79 Å². The molecule has 0 rings (SSSR count). The number of carbonyl (C=O) groups excluding carboxylic acids is 1. The molecule has 5 heteroatoms. The van der Waals surface area contributed by atoms with Crippen molar-refractivity contribution in [3.8, 4) is 0 Å². The van der Waals surface area contributed by atoms with Gasteiger partial charge in [0.2, 0.25) is 5.91 Å². The second kappa shape index (κ2) is 13.1. The van der Waals surface area contributed by atoms with Crippen molar-refractivity contribution in [2.75, 3.05) is 18.1 Å². The molecule has 0 saturated carbocycles. The minimum absolute atomic E-state index is 0. The Labute approximate surface area is 110 Å². The molecule has 0 radical (unpaired) electrons. The zero-order valence-corrected chi connectivity index (χ0v) is 12.0. The smallest absolute Gasteiger partial charge is 0.230 e. The summed E-state index contributed by atoms with van der Waals surface area (Å²) in [5, 5.41) is 2.98. The standard InChI is InChI=1S/C11H24N2OS.ClH/c1-3-5-6-10(8-12)13-11(14)9-15-7-4-2;/h10H,3-9,12H2,1-2H3,(H,13,14);1H. The first-order valence-corrected chi connectivity index (χ1v) is 6.97. The van der Waals surface area contributed by atoms with Gasteiger partial charge in [0.1, 0.15) is 0 Å². The Morgan fingerprint density at radius 2 is 2.06 bits per heavy atom. The Morgan fingerprint density at radius 1 is 1.38 bits per heavy atom. The second-order valence-corrected chi connectivity index (χ2v) is 4.80. The molecule has 1 atom stereocenters. The molecule has 0 fully saturated rings. The van der Waals surface area contributed by atoms with Crippen LogP contribution in [0.2, 0.25) is 0 Å². The fourth-order valence-corrected chi connectivity index (χ4v) is 1.98. The van der Waals surface area contributed by atoms with Crippen LogP contribution in [0.4, 0.5) is 0 Å². The molecule has 0 bridgehead atoms. The summed E-state index contributed by atoms with van der Waals surface area (Å²) in [7, 11) is 0. The number of amides is 1. The van der Waals surface area contributed by atoms with E-state index >= 15 is 0 Å². The van der Waals surface area contributed by atoms with Crippen molar-refractivity contribution in [2.45, 2.75) is 45.6 Å². The van der Waals surface area contributed by atoms with E-state index in [9.17, 15) is 4.79 Å². The molecule has 0 aromatic carbocycles. The van der Waals surface area contributed by atoms with Gasteiger partial charge in [-0.1, -0.05) is 26.7 Å². The lowest BCUT2D eigenvalue weighted by Crippen LogP contribution is -2.41. The van der Waals surface area contributed by atoms with Crippen LogP contribution in [0, 0.1) is 0 Å². The van der Waals surface area contributed by atoms with E-state index < -0.39 is 0 Å². The van der Waals surface area contributed by atoms with Gasteiger partial charge >= 0.3 is 0 Å². The van der Waals surface area contributed by atoms with Crippen LogP contribution in [0.15, 0.2) is 0 Å². The molecule has 0 aromatic heterocycles. The minimum Gasteiger partial charge on any atom is -0.351 e. The van der Waals surface area contributed by atoms with E-state index in [1.807, 2.05) is 0 Å². The van der Waals surface area contributed by atoms with Crippen molar-refractivity contribution in [3.05, 3.63) is 0 Å².